The normalized spacial score (nSPS) is 15.8. The molecule has 0 spiro atoms. The van der Waals surface area contributed by atoms with Crippen LogP contribution in [0.2, 0.25) is 0 Å². The SMILES string of the molecule is O=c1ccn(-c2ccc(OC(F)(F)F)cc2)nc1C1CC=NN1c1cncc2ccccc12. The average molecular weight is 451 g/mol. The first-order chi connectivity index (χ1) is 15.9. The van der Waals surface area contributed by atoms with Crippen molar-refractivity contribution in [3.8, 4) is 11.4 Å². The molecule has 2 aromatic heterocycles. The molecule has 0 amide bonds. The van der Waals surface area contributed by atoms with E-state index in [0.29, 0.717) is 12.1 Å². The highest BCUT2D eigenvalue weighted by molar-refractivity contribution is 5.94. The second-order valence-electron chi connectivity index (χ2n) is 7.33. The topological polar surface area (TPSA) is 72.6 Å². The van der Waals surface area contributed by atoms with Crippen LogP contribution in [-0.2, 0) is 0 Å². The summed E-state index contributed by atoms with van der Waals surface area (Å²) in [5.41, 5.74) is 1.22. The molecule has 33 heavy (non-hydrogen) atoms. The smallest absolute Gasteiger partial charge is 0.406 e. The molecular formula is C23H16F3N5O2. The van der Waals surface area contributed by atoms with Gasteiger partial charge in [0.05, 0.1) is 17.6 Å². The Morgan fingerprint density at radius 2 is 1.79 bits per heavy atom. The number of hydrogen-bond donors (Lipinski definition) is 0. The lowest BCUT2D eigenvalue weighted by atomic mass is 10.1. The Hall–Kier alpha value is -4.21. The highest BCUT2D eigenvalue weighted by atomic mass is 19.4. The molecular weight excluding hydrogens is 435 g/mol. The predicted molar refractivity (Wildman–Crippen MR) is 117 cm³/mol. The Kier molecular flexibility index (Phi) is 5.04. The first kappa shape index (κ1) is 20.7. The van der Waals surface area contributed by atoms with Gasteiger partial charge in [0.25, 0.3) is 0 Å². The van der Waals surface area contributed by atoms with Gasteiger partial charge in [-0.1, -0.05) is 24.3 Å². The van der Waals surface area contributed by atoms with Gasteiger partial charge < -0.3 is 4.74 Å². The first-order valence-corrected chi connectivity index (χ1v) is 9.99. The van der Waals surface area contributed by atoms with Crippen LogP contribution < -0.4 is 15.2 Å². The highest BCUT2D eigenvalue weighted by Crippen LogP contribution is 2.35. The quantitative estimate of drug-likeness (QED) is 0.453. The Labute approximate surface area is 185 Å². The second-order valence-corrected chi connectivity index (χ2v) is 7.33. The van der Waals surface area contributed by atoms with Crippen LogP contribution in [0.15, 0.2) is 83.1 Å². The molecule has 0 bridgehead atoms. The Bertz CT molecular complexity index is 1390. The van der Waals surface area contributed by atoms with E-state index in [4.69, 9.17) is 0 Å². The number of anilines is 1. The van der Waals surface area contributed by atoms with Crippen LogP contribution >= 0.6 is 0 Å². The molecule has 0 aliphatic carbocycles. The lowest BCUT2D eigenvalue weighted by molar-refractivity contribution is -0.274. The van der Waals surface area contributed by atoms with Crippen LogP contribution in [0, 0.1) is 0 Å². The van der Waals surface area contributed by atoms with Crippen molar-refractivity contribution in [1.29, 1.82) is 0 Å². The van der Waals surface area contributed by atoms with Gasteiger partial charge in [-0.2, -0.15) is 10.2 Å². The van der Waals surface area contributed by atoms with E-state index in [9.17, 15) is 18.0 Å². The van der Waals surface area contributed by atoms with Crippen LogP contribution in [0.4, 0.5) is 18.9 Å². The summed E-state index contributed by atoms with van der Waals surface area (Å²) in [6.07, 6.45) is 2.33. The van der Waals surface area contributed by atoms with E-state index in [0.717, 1.165) is 16.5 Å². The van der Waals surface area contributed by atoms with E-state index in [1.165, 1.54) is 41.2 Å². The Balaban J connectivity index is 1.50. The Morgan fingerprint density at radius 3 is 2.58 bits per heavy atom. The number of pyridine rings is 1. The fraction of sp³-hybridized carbons (Fsp3) is 0.130. The molecule has 0 saturated carbocycles. The molecule has 1 aliphatic rings. The first-order valence-electron chi connectivity index (χ1n) is 9.99. The van der Waals surface area contributed by atoms with Crippen LogP contribution in [-0.4, -0.2) is 27.3 Å². The number of alkyl halides is 3. The largest absolute Gasteiger partial charge is 0.573 e. The zero-order chi connectivity index (χ0) is 23.0. The van der Waals surface area contributed by atoms with E-state index in [-0.39, 0.29) is 16.9 Å². The number of benzene rings is 2. The molecule has 3 heterocycles. The molecule has 5 rings (SSSR count). The van der Waals surface area contributed by atoms with Crippen molar-refractivity contribution >= 4 is 22.7 Å². The highest BCUT2D eigenvalue weighted by Gasteiger charge is 2.31. The molecule has 4 aromatic rings. The van der Waals surface area contributed by atoms with E-state index < -0.39 is 12.4 Å². The maximum atomic E-state index is 12.7. The molecule has 0 N–H and O–H groups in total. The van der Waals surface area contributed by atoms with E-state index in [2.05, 4.69) is 19.9 Å². The molecule has 0 radical (unpaired) electrons. The van der Waals surface area contributed by atoms with Crippen molar-refractivity contribution in [2.45, 2.75) is 18.8 Å². The van der Waals surface area contributed by atoms with Crippen LogP contribution in [0.1, 0.15) is 18.2 Å². The van der Waals surface area contributed by atoms with Crippen molar-refractivity contribution in [2.75, 3.05) is 5.01 Å². The summed E-state index contributed by atoms with van der Waals surface area (Å²) in [6, 6.07) is 13.9. The van der Waals surface area contributed by atoms with Gasteiger partial charge >= 0.3 is 6.36 Å². The summed E-state index contributed by atoms with van der Waals surface area (Å²) < 4.78 is 42.6. The van der Waals surface area contributed by atoms with Gasteiger partial charge in [-0.3, -0.25) is 14.8 Å². The predicted octanol–water partition coefficient (Wildman–Crippen LogP) is 4.62. The van der Waals surface area contributed by atoms with Crippen LogP contribution in [0.5, 0.6) is 5.75 Å². The number of ether oxygens (including phenoxy) is 1. The number of halogens is 3. The van der Waals surface area contributed by atoms with Gasteiger partial charge in [0.2, 0.25) is 5.43 Å². The third kappa shape index (κ3) is 4.14. The molecule has 7 nitrogen and oxygen atoms in total. The van der Waals surface area contributed by atoms with Gasteiger partial charge in [0, 0.05) is 41.9 Å². The van der Waals surface area contributed by atoms with Gasteiger partial charge in [-0.05, 0) is 24.3 Å². The standard InChI is InChI=1S/C23H16F3N5O2/c24-23(25,26)33-17-7-5-16(6-8-17)30-12-10-21(32)22(29-30)19-9-11-28-31(19)20-14-27-13-15-3-1-2-4-18(15)20/h1-8,10-14,19H,9H2. The summed E-state index contributed by atoms with van der Waals surface area (Å²) >= 11 is 0. The molecule has 10 heteroatoms. The molecule has 166 valence electrons. The van der Waals surface area contributed by atoms with Crippen molar-refractivity contribution in [2.24, 2.45) is 5.10 Å². The van der Waals surface area contributed by atoms with Crippen LogP contribution in [0.3, 0.4) is 0 Å². The number of hydrogen-bond acceptors (Lipinski definition) is 6. The monoisotopic (exact) mass is 451 g/mol. The maximum Gasteiger partial charge on any atom is 0.573 e. The van der Waals surface area contributed by atoms with Crippen molar-refractivity contribution in [1.82, 2.24) is 14.8 Å². The average Bonchev–Trinajstić information content (AvgIpc) is 3.28. The minimum Gasteiger partial charge on any atom is -0.406 e. The molecule has 1 aliphatic heterocycles. The fourth-order valence-corrected chi connectivity index (χ4v) is 3.75. The lowest BCUT2D eigenvalue weighted by Crippen LogP contribution is -2.27. The van der Waals surface area contributed by atoms with Crippen molar-refractivity contribution in [3.63, 3.8) is 0 Å². The number of hydrazone groups is 1. The summed E-state index contributed by atoms with van der Waals surface area (Å²) in [6.45, 7) is 0. The summed E-state index contributed by atoms with van der Waals surface area (Å²) in [4.78, 5) is 17.0. The lowest BCUT2D eigenvalue weighted by Gasteiger charge is -2.24. The molecule has 0 saturated heterocycles. The zero-order valence-corrected chi connectivity index (χ0v) is 17.0. The zero-order valence-electron chi connectivity index (χ0n) is 17.0. The number of rotatable bonds is 4. The van der Waals surface area contributed by atoms with Gasteiger partial charge in [-0.15, -0.1) is 13.2 Å². The maximum absolute atomic E-state index is 12.7. The van der Waals surface area contributed by atoms with E-state index in [1.54, 1.807) is 23.6 Å². The molecule has 1 atom stereocenters. The van der Waals surface area contributed by atoms with E-state index >= 15 is 0 Å². The van der Waals surface area contributed by atoms with Crippen molar-refractivity contribution < 1.29 is 17.9 Å². The Morgan fingerprint density at radius 1 is 1.00 bits per heavy atom. The van der Waals surface area contributed by atoms with E-state index in [1.807, 2.05) is 24.3 Å². The third-order valence-corrected chi connectivity index (χ3v) is 5.21. The van der Waals surface area contributed by atoms with Crippen molar-refractivity contribution in [3.05, 3.63) is 89.1 Å². The van der Waals surface area contributed by atoms with Gasteiger partial charge in [0.1, 0.15) is 17.5 Å². The fourth-order valence-electron chi connectivity index (χ4n) is 3.75. The van der Waals surface area contributed by atoms with Gasteiger partial charge in [-0.25, -0.2) is 4.68 Å². The summed E-state index contributed by atoms with van der Waals surface area (Å²) in [5, 5.41) is 12.5. The molecule has 1 unspecified atom stereocenters. The minimum absolute atomic E-state index is 0.263. The number of fused-ring (bicyclic) bond motifs is 1. The number of nitrogens with zero attached hydrogens (tertiary/aromatic N) is 5. The summed E-state index contributed by atoms with van der Waals surface area (Å²) in [7, 11) is 0. The second kappa shape index (κ2) is 8.05. The third-order valence-electron chi connectivity index (χ3n) is 5.21. The molecule has 2 aromatic carbocycles. The van der Waals surface area contributed by atoms with Gasteiger partial charge in [0.15, 0.2) is 0 Å². The minimum atomic E-state index is -4.77. The molecule has 0 fully saturated rings. The summed E-state index contributed by atoms with van der Waals surface area (Å²) in [5.74, 6) is -0.341. The number of aromatic nitrogens is 3. The van der Waals surface area contributed by atoms with Crippen LogP contribution in [0.25, 0.3) is 16.5 Å².